The third-order valence-electron chi connectivity index (χ3n) is 1.60. The quantitative estimate of drug-likeness (QED) is 0.431. The molecule has 74 valence electrons. The van der Waals surface area contributed by atoms with Gasteiger partial charge in [-0.1, -0.05) is 12.1 Å². The van der Waals surface area contributed by atoms with Gasteiger partial charge in [-0.15, -0.1) is 11.8 Å². The lowest BCUT2D eigenvalue weighted by Gasteiger charge is -1.99. The molecule has 3 nitrogen and oxygen atoms in total. The molecule has 0 amide bonds. The highest BCUT2D eigenvalue weighted by molar-refractivity contribution is 8.00. The van der Waals surface area contributed by atoms with Crippen LogP contribution in [0.1, 0.15) is 10.4 Å². The number of esters is 1. The van der Waals surface area contributed by atoms with Gasteiger partial charge in [0, 0.05) is 10.5 Å². The topological polar surface area (TPSA) is 43.4 Å². The number of aldehydes is 1. The van der Waals surface area contributed by atoms with Gasteiger partial charge in [0.1, 0.15) is 6.29 Å². The van der Waals surface area contributed by atoms with E-state index in [1.165, 1.54) is 18.9 Å². The lowest BCUT2D eigenvalue weighted by atomic mass is 10.2. The fourth-order valence-corrected chi connectivity index (χ4v) is 1.57. The molecular formula is C10H10O3S. The average molecular weight is 210 g/mol. The largest absolute Gasteiger partial charge is 0.468 e. The Morgan fingerprint density at radius 2 is 2.07 bits per heavy atom. The van der Waals surface area contributed by atoms with E-state index >= 15 is 0 Å². The molecule has 0 radical (unpaired) electrons. The number of carbonyl (C=O) groups is 2. The van der Waals surface area contributed by atoms with Gasteiger partial charge in [0.2, 0.25) is 0 Å². The fourth-order valence-electron chi connectivity index (χ4n) is 0.844. The summed E-state index contributed by atoms with van der Waals surface area (Å²) >= 11 is 1.38. The molecule has 0 spiro atoms. The van der Waals surface area contributed by atoms with E-state index in [2.05, 4.69) is 4.74 Å². The van der Waals surface area contributed by atoms with Crippen molar-refractivity contribution in [2.75, 3.05) is 12.9 Å². The molecule has 1 aromatic rings. The van der Waals surface area contributed by atoms with Crippen molar-refractivity contribution in [1.82, 2.24) is 0 Å². The first-order valence-corrected chi connectivity index (χ1v) is 4.99. The predicted molar refractivity (Wildman–Crippen MR) is 54.6 cm³/mol. The summed E-state index contributed by atoms with van der Waals surface area (Å²) in [5.74, 6) is 0.0335. The zero-order valence-corrected chi connectivity index (χ0v) is 8.54. The van der Waals surface area contributed by atoms with Crippen LogP contribution in [0, 0.1) is 0 Å². The van der Waals surface area contributed by atoms with E-state index in [0.29, 0.717) is 5.56 Å². The molecule has 0 aliphatic heterocycles. The molecule has 0 saturated heterocycles. The maximum Gasteiger partial charge on any atom is 0.315 e. The molecule has 1 rings (SSSR count). The minimum atomic E-state index is -0.255. The van der Waals surface area contributed by atoms with Gasteiger partial charge in [0.05, 0.1) is 12.9 Å². The Labute approximate surface area is 86.5 Å². The minimum absolute atomic E-state index is 0.255. The van der Waals surface area contributed by atoms with Crippen LogP contribution in [0.2, 0.25) is 0 Å². The summed E-state index contributed by atoms with van der Waals surface area (Å²) in [6, 6.07) is 7.04. The summed E-state index contributed by atoms with van der Waals surface area (Å²) < 4.78 is 4.50. The number of rotatable bonds is 4. The summed E-state index contributed by atoms with van der Waals surface area (Å²) in [5, 5.41) is 0. The van der Waals surface area contributed by atoms with Crippen LogP contribution < -0.4 is 0 Å². The summed E-state index contributed by atoms with van der Waals surface area (Å²) in [5.41, 5.74) is 0.632. The monoisotopic (exact) mass is 210 g/mol. The van der Waals surface area contributed by atoms with Crippen LogP contribution in [0.5, 0.6) is 0 Å². The molecule has 0 aliphatic rings. The first-order chi connectivity index (χ1) is 6.76. The Morgan fingerprint density at radius 3 is 2.57 bits per heavy atom. The predicted octanol–water partition coefficient (Wildman–Crippen LogP) is 1.76. The highest BCUT2D eigenvalue weighted by Gasteiger charge is 2.01. The van der Waals surface area contributed by atoms with Crippen LogP contribution in [-0.4, -0.2) is 25.1 Å². The second-order valence-corrected chi connectivity index (χ2v) is 3.60. The van der Waals surface area contributed by atoms with Gasteiger partial charge in [-0.3, -0.25) is 9.59 Å². The van der Waals surface area contributed by atoms with E-state index < -0.39 is 0 Å². The molecule has 0 atom stereocenters. The van der Waals surface area contributed by atoms with Gasteiger partial charge in [0.25, 0.3) is 0 Å². The molecule has 0 saturated carbocycles. The number of ether oxygens (including phenoxy) is 1. The number of hydrogen-bond acceptors (Lipinski definition) is 4. The van der Waals surface area contributed by atoms with Gasteiger partial charge in [-0.2, -0.15) is 0 Å². The van der Waals surface area contributed by atoms with Crippen LogP contribution in [0.3, 0.4) is 0 Å². The highest BCUT2D eigenvalue weighted by Crippen LogP contribution is 2.17. The number of benzene rings is 1. The van der Waals surface area contributed by atoms with Crippen LogP contribution in [0.15, 0.2) is 29.2 Å². The molecule has 1 aromatic carbocycles. The minimum Gasteiger partial charge on any atom is -0.468 e. The molecular weight excluding hydrogens is 200 g/mol. The second-order valence-electron chi connectivity index (χ2n) is 2.55. The van der Waals surface area contributed by atoms with E-state index in [-0.39, 0.29) is 11.7 Å². The molecule has 0 heterocycles. The molecule has 0 fully saturated rings. The van der Waals surface area contributed by atoms with Crippen LogP contribution in [0.25, 0.3) is 0 Å². The lowest BCUT2D eigenvalue weighted by Crippen LogP contribution is -2.02. The van der Waals surface area contributed by atoms with Crippen LogP contribution >= 0.6 is 11.8 Å². The van der Waals surface area contributed by atoms with Crippen molar-refractivity contribution >= 4 is 24.0 Å². The summed E-state index contributed by atoms with van der Waals surface area (Å²) in [4.78, 5) is 22.1. The zero-order valence-electron chi connectivity index (χ0n) is 7.73. The van der Waals surface area contributed by atoms with Crippen molar-refractivity contribution in [2.45, 2.75) is 4.90 Å². The van der Waals surface area contributed by atoms with E-state index in [1.807, 2.05) is 0 Å². The first-order valence-electron chi connectivity index (χ1n) is 4.01. The Bertz CT molecular complexity index is 319. The van der Waals surface area contributed by atoms with Crippen molar-refractivity contribution in [2.24, 2.45) is 0 Å². The molecule has 0 unspecified atom stereocenters. The van der Waals surface area contributed by atoms with Crippen LogP contribution in [0.4, 0.5) is 0 Å². The normalized spacial score (nSPS) is 9.50. The number of methoxy groups -OCH3 is 1. The summed E-state index contributed by atoms with van der Waals surface area (Å²) in [7, 11) is 1.36. The van der Waals surface area contributed by atoms with Crippen molar-refractivity contribution in [1.29, 1.82) is 0 Å². The van der Waals surface area contributed by atoms with Crippen LogP contribution in [-0.2, 0) is 9.53 Å². The Balaban J connectivity index is 2.51. The van der Waals surface area contributed by atoms with Gasteiger partial charge in [-0.25, -0.2) is 0 Å². The smallest absolute Gasteiger partial charge is 0.315 e. The summed E-state index contributed by atoms with van der Waals surface area (Å²) in [6.45, 7) is 0. The highest BCUT2D eigenvalue weighted by atomic mass is 32.2. The Hall–Kier alpha value is -1.29. The Kier molecular flexibility index (Phi) is 4.19. The number of thioether (sulfide) groups is 1. The lowest BCUT2D eigenvalue weighted by molar-refractivity contribution is -0.137. The SMILES string of the molecule is COC(=O)CSc1ccc(C=O)cc1. The van der Waals surface area contributed by atoms with Gasteiger partial charge in [0.15, 0.2) is 0 Å². The maximum atomic E-state index is 10.8. The van der Waals surface area contributed by atoms with E-state index in [0.717, 1.165) is 11.2 Å². The fraction of sp³-hybridized carbons (Fsp3) is 0.200. The third-order valence-corrected chi connectivity index (χ3v) is 2.59. The van der Waals surface area contributed by atoms with E-state index in [4.69, 9.17) is 0 Å². The molecule has 0 bridgehead atoms. The van der Waals surface area contributed by atoms with Gasteiger partial charge < -0.3 is 4.74 Å². The first kappa shape index (κ1) is 10.8. The van der Waals surface area contributed by atoms with Crippen molar-refractivity contribution in [3.63, 3.8) is 0 Å². The molecule has 0 aliphatic carbocycles. The maximum absolute atomic E-state index is 10.8. The zero-order chi connectivity index (χ0) is 10.4. The van der Waals surface area contributed by atoms with E-state index in [1.54, 1.807) is 24.3 Å². The second kappa shape index (κ2) is 5.44. The Morgan fingerprint density at radius 1 is 1.43 bits per heavy atom. The van der Waals surface area contributed by atoms with Crippen molar-refractivity contribution in [3.8, 4) is 0 Å². The molecule has 0 N–H and O–H groups in total. The molecule has 14 heavy (non-hydrogen) atoms. The van der Waals surface area contributed by atoms with Gasteiger partial charge >= 0.3 is 5.97 Å². The molecule has 4 heteroatoms. The van der Waals surface area contributed by atoms with E-state index in [9.17, 15) is 9.59 Å². The van der Waals surface area contributed by atoms with Crippen molar-refractivity contribution < 1.29 is 14.3 Å². The van der Waals surface area contributed by atoms with Crippen molar-refractivity contribution in [3.05, 3.63) is 29.8 Å². The third kappa shape index (κ3) is 3.22. The van der Waals surface area contributed by atoms with Gasteiger partial charge in [-0.05, 0) is 12.1 Å². The average Bonchev–Trinajstić information content (AvgIpc) is 2.26. The molecule has 0 aromatic heterocycles. The number of carbonyl (C=O) groups excluding carboxylic acids is 2. The summed E-state index contributed by atoms with van der Waals surface area (Å²) in [6.07, 6.45) is 0.786. The standard InChI is InChI=1S/C10H10O3S/c1-13-10(12)7-14-9-4-2-8(6-11)3-5-9/h2-6H,7H2,1H3. The number of hydrogen-bond donors (Lipinski definition) is 0.